The van der Waals surface area contributed by atoms with Crippen LogP contribution in [0.5, 0.6) is 0 Å². The van der Waals surface area contributed by atoms with Crippen molar-refractivity contribution in [1.29, 1.82) is 5.41 Å². The first kappa shape index (κ1) is 23.0. The summed E-state index contributed by atoms with van der Waals surface area (Å²) in [5.41, 5.74) is 10.8. The summed E-state index contributed by atoms with van der Waals surface area (Å²) < 4.78 is 0. The van der Waals surface area contributed by atoms with Gasteiger partial charge in [-0.15, -0.1) is 0 Å². The van der Waals surface area contributed by atoms with Crippen molar-refractivity contribution >= 4 is 35.9 Å². The number of nitrogens with two attached hydrogens (primary N) is 2. The van der Waals surface area contributed by atoms with E-state index in [2.05, 4.69) is 16.0 Å². The number of hydrogen-bond donors (Lipinski definition) is 6. The van der Waals surface area contributed by atoms with Crippen molar-refractivity contribution in [3.63, 3.8) is 0 Å². The molecule has 4 amide bonds. The topological polar surface area (TPSA) is 201 Å². The predicted octanol–water partition coefficient (Wildman–Crippen LogP) is -3.71. The number of carbonyl (C=O) groups excluding carboxylic acids is 5. The molecule has 1 atom stereocenters. The van der Waals surface area contributed by atoms with Gasteiger partial charge >= 0.3 is 0 Å². The van der Waals surface area contributed by atoms with Crippen LogP contribution in [0.25, 0.3) is 0 Å². The summed E-state index contributed by atoms with van der Waals surface area (Å²) >= 11 is 0. The third-order valence-corrected chi connectivity index (χ3v) is 3.11. The molecule has 0 unspecified atom stereocenters. The summed E-state index contributed by atoms with van der Waals surface area (Å²) in [5, 5.41) is 14.1. The first-order chi connectivity index (χ1) is 12.2. The molecule has 0 aliphatic carbocycles. The second-order valence-electron chi connectivity index (χ2n) is 5.23. The van der Waals surface area contributed by atoms with Crippen LogP contribution in [0.1, 0.15) is 19.8 Å². The molecule has 8 N–H and O–H groups in total. The number of guanidine groups is 1. The lowest BCUT2D eigenvalue weighted by atomic mass is 10.1. The van der Waals surface area contributed by atoms with Gasteiger partial charge in [0.05, 0.1) is 25.7 Å². The summed E-state index contributed by atoms with van der Waals surface area (Å²) in [6.07, 6.45) is 2.25. The van der Waals surface area contributed by atoms with Crippen molar-refractivity contribution in [2.75, 3.05) is 26.2 Å². The van der Waals surface area contributed by atoms with Crippen LogP contribution in [0.2, 0.25) is 0 Å². The Morgan fingerprint density at radius 3 is 2.35 bits per heavy atom. The molecule has 0 saturated heterocycles. The average molecular weight is 370 g/mol. The van der Waals surface area contributed by atoms with Crippen LogP contribution < -0.4 is 27.4 Å². The predicted molar refractivity (Wildman–Crippen MR) is 91.2 cm³/mol. The fourth-order valence-corrected chi connectivity index (χ4v) is 1.75. The number of rotatable bonds is 11. The van der Waals surface area contributed by atoms with Crippen molar-refractivity contribution in [2.45, 2.75) is 25.8 Å². The maximum absolute atomic E-state index is 11.7. The van der Waals surface area contributed by atoms with Gasteiger partial charge in [0.15, 0.2) is 5.96 Å². The van der Waals surface area contributed by atoms with Crippen LogP contribution in [0.15, 0.2) is 0 Å². The molecule has 0 fully saturated rings. The summed E-state index contributed by atoms with van der Waals surface area (Å²) in [5.74, 6) is -2.80. The van der Waals surface area contributed by atoms with Crippen LogP contribution in [-0.4, -0.2) is 73.0 Å². The molecule has 0 aromatic carbocycles. The van der Waals surface area contributed by atoms with Crippen LogP contribution in [-0.2, 0) is 24.0 Å². The normalized spacial score (nSPS) is 11.0. The van der Waals surface area contributed by atoms with E-state index in [9.17, 15) is 24.0 Å². The van der Waals surface area contributed by atoms with Crippen molar-refractivity contribution in [3.8, 4) is 0 Å². The van der Waals surface area contributed by atoms with Gasteiger partial charge in [0.25, 0.3) is 0 Å². The summed E-state index contributed by atoms with van der Waals surface area (Å²) in [6, 6.07) is -0.838. The highest BCUT2D eigenvalue weighted by Crippen LogP contribution is 1.93. The minimum Gasteiger partial charge on any atom is -0.370 e. The maximum Gasteiger partial charge on any atom is 0.248 e. The maximum atomic E-state index is 11.7. The van der Waals surface area contributed by atoms with Gasteiger partial charge in [0.1, 0.15) is 0 Å². The van der Waals surface area contributed by atoms with Crippen LogP contribution >= 0.6 is 0 Å². The number of hydrogen-bond acceptors (Lipinski definition) is 7. The lowest BCUT2D eigenvalue weighted by Crippen LogP contribution is -2.48. The quantitative estimate of drug-likeness (QED) is 0.121. The zero-order valence-electron chi connectivity index (χ0n) is 14.5. The number of nitrogens with one attached hydrogen (secondary N) is 4. The lowest BCUT2D eigenvalue weighted by molar-refractivity contribution is -0.142. The Hall–Kier alpha value is -3.02. The zero-order chi connectivity index (χ0) is 20.1. The van der Waals surface area contributed by atoms with Gasteiger partial charge in [0, 0.05) is 13.5 Å². The Balaban J connectivity index is 4.11. The second-order valence-corrected chi connectivity index (χ2v) is 5.23. The molecule has 12 heteroatoms. The van der Waals surface area contributed by atoms with E-state index >= 15 is 0 Å². The van der Waals surface area contributed by atoms with Gasteiger partial charge in [0.2, 0.25) is 29.9 Å². The smallest absolute Gasteiger partial charge is 0.248 e. The second kappa shape index (κ2) is 12.4. The Morgan fingerprint density at radius 1 is 1.15 bits per heavy atom. The molecule has 0 bridgehead atoms. The average Bonchev–Trinajstić information content (AvgIpc) is 2.58. The lowest BCUT2D eigenvalue weighted by Gasteiger charge is -2.16. The Kier molecular flexibility index (Phi) is 10.9. The third-order valence-electron chi connectivity index (χ3n) is 3.11. The Morgan fingerprint density at radius 2 is 1.81 bits per heavy atom. The molecule has 0 aromatic heterocycles. The number of amides is 4. The highest BCUT2D eigenvalue weighted by molar-refractivity contribution is 5.98. The van der Waals surface area contributed by atoms with Gasteiger partial charge in [-0.3, -0.25) is 34.3 Å². The van der Waals surface area contributed by atoms with Gasteiger partial charge in [-0.05, 0) is 12.8 Å². The van der Waals surface area contributed by atoms with Crippen molar-refractivity contribution in [1.82, 2.24) is 20.9 Å². The molecule has 0 heterocycles. The van der Waals surface area contributed by atoms with Crippen LogP contribution in [0, 0.1) is 5.41 Å². The van der Waals surface area contributed by atoms with Crippen molar-refractivity contribution in [2.24, 2.45) is 11.5 Å². The standard InChI is InChI=1S/C14H24N7O5/c1-9(23)21(5-6-22)12(25)8-19-11(24)7-20-13(26)10(15)3-2-4-18-14(16)17/h10H,2-5,7-8,15H2,1H3,(H,19,24)(H,20,26)(H4,16,17,18)/t10-/m0/s1. The molecular formula is C14H24N7O5. The minimum atomic E-state index is -0.838. The summed E-state index contributed by atoms with van der Waals surface area (Å²) in [7, 11) is 0. The number of carbonyl (C=O) groups is 4. The molecule has 0 aliphatic rings. The molecule has 0 rings (SSSR count). The van der Waals surface area contributed by atoms with E-state index in [4.69, 9.17) is 16.9 Å². The fraction of sp³-hybridized carbons (Fsp3) is 0.571. The van der Waals surface area contributed by atoms with Gasteiger partial charge in [-0.25, -0.2) is 0 Å². The zero-order valence-corrected chi connectivity index (χ0v) is 14.5. The number of nitrogens with zero attached hydrogens (tertiary/aromatic N) is 1. The molecule has 0 aromatic rings. The van der Waals surface area contributed by atoms with E-state index in [1.165, 1.54) is 6.29 Å². The monoisotopic (exact) mass is 370 g/mol. The minimum absolute atomic E-state index is 0.177. The van der Waals surface area contributed by atoms with Gasteiger partial charge in [-0.2, -0.15) is 0 Å². The molecule has 12 nitrogen and oxygen atoms in total. The first-order valence-electron chi connectivity index (χ1n) is 7.72. The van der Waals surface area contributed by atoms with E-state index < -0.39 is 49.3 Å². The third kappa shape index (κ3) is 9.97. The van der Waals surface area contributed by atoms with E-state index in [0.29, 0.717) is 24.3 Å². The van der Waals surface area contributed by atoms with E-state index in [1.54, 1.807) is 0 Å². The Bertz CT molecular complexity index is 552. The van der Waals surface area contributed by atoms with Gasteiger partial charge in [-0.1, -0.05) is 0 Å². The molecule has 0 spiro atoms. The van der Waals surface area contributed by atoms with E-state index in [1.807, 2.05) is 0 Å². The molecule has 145 valence electrons. The molecular weight excluding hydrogens is 346 g/mol. The molecule has 0 aliphatic heterocycles. The highest BCUT2D eigenvalue weighted by atomic mass is 16.2. The van der Waals surface area contributed by atoms with E-state index in [-0.39, 0.29) is 5.96 Å². The fourth-order valence-electron chi connectivity index (χ4n) is 1.75. The SMILES string of the molecule is CC(=O)N(C[C]=O)C(=O)CNC(=O)CNC(=O)[C@@H](N)CCCNC(=N)N. The summed E-state index contributed by atoms with van der Waals surface area (Å²) in [6.45, 7) is 0.0760. The van der Waals surface area contributed by atoms with E-state index in [0.717, 1.165) is 6.92 Å². The highest BCUT2D eigenvalue weighted by Gasteiger charge is 2.19. The van der Waals surface area contributed by atoms with Crippen molar-refractivity contribution < 1.29 is 24.0 Å². The largest absolute Gasteiger partial charge is 0.370 e. The van der Waals surface area contributed by atoms with Crippen molar-refractivity contribution in [3.05, 3.63) is 0 Å². The molecule has 26 heavy (non-hydrogen) atoms. The summed E-state index contributed by atoms with van der Waals surface area (Å²) in [4.78, 5) is 57.1. The first-order valence-corrected chi connectivity index (χ1v) is 7.72. The Labute approximate surface area is 150 Å². The number of imide groups is 1. The molecule has 1 radical (unpaired) electrons. The van der Waals surface area contributed by atoms with Crippen LogP contribution in [0.3, 0.4) is 0 Å². The molecule has 0 saturated carbocycles. The van der Waals surface area contributed by atoms with Gasteiger partial charge < -0.3 is 27.4 Å². The van der Waals surface area contributed by atoms with Crippen LogP contribution in [0.4, 0.5) is 0 Å².